The molecular formula is C14H18FNO2S. The lowest BCUT2D eigenvalue weighted by atomic mass is 9.93. The van der Waals surface area contributed by atoms with Gasteiger partial charge in [-0.1, -0.05) is 0 Å². The molecule has 0 bridgehead atoms. The summed E-state index contributed by atoms with van der Waals surface area (Å²) in [5, 5.41) is 12.5. The highest BCUT2D eigenvalue weighted by molar-refractivity contribution is 8.00. The van der Waals surface area contributed by atoms with Crippen LogP contribution >= 0.6 is 11.8 Å². The second-order valence-electron chi connectivity index (χ2n) is 4.83. The number of aliphatic hydroxyl groups excluding tert-OH is 1. The Morgan fingerprint density at radius 3 is 2.79 bits per heavy atom. The van der Waals surface area contributed by atoms with Gasteiger partial charge >= 0.3 is 0 Å². The van der Waals surface area contributed by atoms with E-state index in [0.29, 0.717) is 12.2 Å². The zero-order chi connectivity index (χ0) is 13.7. The predicted molar refractivity (Wildman–Crippen MR) is 73.5 cm³/mol. The monoisotopic (exact) mass is 283 g/mol. The van der Waals surface area contributed by atoms with Gasteiger partial charge in [-0.3, -0.25) is 4.79 Å². The number of carbonyl (C=O) groups excluding carboxylic acids is 1. The molecule has 1 aliphatic rings. The molecule has 0 radical (unpaired) electrons. The van der Waals surface area contributed by atoms with Gasteiger partial charge < -0.3 is 10.4 Å². The van der Waals surface area contributed by atoms with Crippen molar-refractivity contribution in [2.45, 2.75) is 42.7 Å². The van der Waals surface area contributed by atoms with Crippen molar-refractivity contribution in [2.24, 2.45) is 0 Å². The van der Waals surface area contributed by atoms with Gasteiger partial charge in [-0.2, -0.15) is 0 Å². The molecule has 3 nitrogen and oxygen atoms in total. The molecule has 2 rings (SSSR count). The van der Waals surface area contributed by atoms with Crippen LogP contribution in [-0.2, 0) is 4.79 Å². The molecule has 0 heterocycles. The number of nitrogens with one attached hydrogen (secondary N) is 1. The zero-order valence-corrected chi connectivity index (χ0v) is 11.5. The number of halogens is 1. The average molecular weight is 283 g/mol. The minimum atomic E-state index is -0.288. The van der Waals surface area contributed by atoms with Gasteiger partial charge in [0.2, 0.25) is 5.91 Å². The Labute approximate surface area is 116 Å². The van der Waals surface area contributed by atoms with Crippen molar-refractivity contribution < 1.29 is 14.3 Å². The van der Waals surface area contributed by atoms with E-state index in [2.05, 4.69) is 5.32 Å². The van der Waals surface area contributed by atoms with Crippen LogP contribution in [0.25, 0.3) is 0 Å². The second-order valence-corrected chi connectivity index (χ2v) is 5.88. The quantitative estimate of drug-likeness (QED) is 0.834. The Morgan fingerprint density at radius 1 is 1.37 bits per heavy atom. The minimum absolute atomic E-state index is 0.0339. The SMILES string of the molecule is O=C(CSc1ccc(F)cc1)N[C@@H]1CCC[C@@H](O)C1. The normalized spacial score (nSPS) is 23.1. The molecule has 104 valence electrons. The standard InChI is InChI=1S/C14H18FNO2S/c15-10-4-6-13(7-5-10)19-9-14(18)16-11-2-1-3-12(17)8-11/h4-7,11-12,17H,1-3,8-9H2,(H,16,18)/t11-,12-/m1/s1. The fraction of sp³-hybridized carbons (Fsp3) is 0.500. The van der Waals surface area contributed by atoms with Gasteiger partial charge in [0.1, 0.15) is 5.82 Å². The van der Waals surface area contributed by atoms with Gasteiger partial charge in [-0.25, -0.2) is 4.39 Å². The molecule has 0 unspecified atom stereocenters. The molecule has 0 spiro atoms. The third-order valence-electron chi connectivity index (χ3n) is 3.20. The molecular weight excluding hydrogens is 265 g/mol. The number of hydrogen-bond donors (Lipinski definition) is 2. The molecule has 1 aliphatic carbocycles. The summed E-state index contributed by atoms with van der Waals surface area (Å²) in [5.41, 5.74) is 0. The van der Waals surface area contributed by atoms with Gasteiger partial charge in [0.15, 0.2) is 0 Å². The van der Waals surface area contributed by atoms with Gasteiger partial charge in [0, 0.05) is 10.9 Å². The Balaban J connectivity index is 1.73. The largest absolute Gasteiger partial charge is 0.393 e. The summed E-state index contributed by atoms with van der Waals surface area (Å²) >= 11 is 1.39. The van der Waals surface area contributed by atoms with E-state index < -0.39 is 0 Å². The van der Waals surface area contributed by atoms with Crippen molar-refractivity contribution in [1.29, 1.82) is 0 Å². The first kappa shape index (κ1) is 14.3. The molecule has 19 heavy (non-hydrogen) atoms. The van der Waals surface area contributed by atoms with Gasteiger partial charge in [0.25, 0.3) is 0 Å². The number of hydrogen-bond acceptors (Lipinski definition) is 3. The smallest absolute Gasteiger partial charge is 0.230 e. The summed E-state index contributed by atoms with van der Waals surface area (Å²) in [6.45, 7) is 0. The minimum Gasteiger partial charge on any atom is -0.393 e. The number of benzene rings is 1. The molecule has 1 fully saturated rings. The predicted octanol–water partition coefficient (Wildman–Crippen LogP) is 2.34. The molecule has 1 aromatic carbocycles. The Morgan fingerprint density at radius 2 is 2.11 bits per heavy atom. The maximum atomic E-state index is 12.7. The lowest BCUT2D eigenvalue weighted by molar-refractivity contribution is -0.119. The number of thioether (sulfide) groups is 1. The highest BCUT2D eigenvalue weighted by atomic mass is 32.2. The molecule has 0 aliphatic heterocycles. The van der Waals surface area contributed by atoms with Crippen LogP contribution in [0.15, 0.2) is 29.2 Å². The van der Waals surface area contributed by atoms with E-state index in [9.17, 15) is 14.3 Å². The Kier molecular flexibility index (Phi) is 5.22. The van der Waals surface area contributed by atoms with Gasteiger partial charge in [-0.15, -0.1) is 11.8 Å². The first-order valence-corrected chi connectivity index (χ1v) is 7.48. The van der Waals surface area contributed by atoms with E-state index in [1.165, 1.54) is 23.9 Å². The summed E-state index contributed by atoms with van der Waals surface area (Å²) in [6, 6.07) is 6.19. The highest BCUT2D eigenvalue weighted by Crippen LogP contribution is 2.20. The lowest BCUT2D eigenvalue weighted by Crippen LogP contribution is -2.40. The summed E-state index contributed by atoms with van der Waals surface area (Å²) in [7, 11) is 0. The van der Waals surface area contributed by atoms with Crippen LogP contribution < -0.4 is 5.32 Å². The van der Waals surface area contributed by atoms with E-state index in [4.69, 9.17) is 0 Å². The van der Waals surface area contributed by atoms with Crippen molar-refractivity contribution in [3.63, 3.8) is 0 Å². The molecule has 0 saturated heterocycles. The Bertz CT molecular complexity index is 424. The number of aliphatic hydroxyl groups is 1. The highest BCUT2D eigenvalue weighted by Gasteiger charge is 2.21. The zero-order valence-electron chi connectivity index (χ0n) is 10.6. The Hall–Kier alpha value is -1.07. The molecule has 2 atom stereocenters. The summed E-state index contributed by atoms with van der Waals surface area (Å²) < 4.78 is 12.7. The second kappa shape index (κ2) is 6.91. The molecule has 1 saturated carbocycles. The maximum absolute atomic E-state index is 12.7. The number of carbonyl (C=O) groups is 1. The third kappa shape index (κ3) is 4.84. The number of amides is 1. The number of rotatable bonds is 4. The van der Waals surface area contributed by atoms with Crippen LogP contribution in [0.4, 0.5) is 4.39 Å². The first-order valence-electron chi connectivity index (χ1n) is 6.49. The van der Waals surface area contributed by atoms with Gasteiger partial charge in [-0.05, 0) is 49.9 Å². The van der Waals surface area contributed by atoms with Crippen LogP contribution in [0, 0.1) is 5.82 Å². The van der Waals surface area contributed by atoms with E-state index in [1.54, 1.807) is 12.1 Å². The molecule has 5 heteroatoms. The van der Waals surface area contributed by atoms with Crippen LogP contribution in [0.2, 0.25) is 0 Å². The summed E-state index contributed by atoms with van der Waals surface area (Å²) in [6.07, 6.45) is 3.08. The fourth-order valence-corrected chi connectivity index (χ4v) is 2.95. The van der Waals surface area contributed by atoms with Crippen LogP contribution in [0.3, 0.4) is 0 Å². The van der Waals surface area contributed by atoms with E-state index in [-0.39, 0.29) is 23.9 Å². The fourth-order valence-electron chi connectivity index (χ4n) is 2.24. The maximum Gasteiger partial charge on any atom is 0.230 e. The van der Waals surface area contributed by atoms with E-state index >= 15 is 0 Å². The third-order valence-corrected chi connectivity index (χ3v) is 4.21. The van der Waals surface area contributed by atoms with Crippen LogP contribution in [0.1, 0.15) is 25.7 Å². The van der Waals surface area contributed by atoms with E-state index in [1.807, 2.05) is 0 Å². The van der Waals surface area contributed by atoms with Crippen molar-refractivity contribution in [1.82, 2.24) is 5.32 Å². The van der Waals surface area contributed by atoms with Crippen molar-refractivity contribution in [3.05, 3.63) is 30.1 Å². The first-order chi connectivity index (χ1) is 9.13. The van der Waals surface area contributed by atoms with Crippen molar-refractivity contribution in [2.75, 3.05) is 5.75 Å². The molecule has 0 aromatic heterocycles. The summed E-state index contributed by atoms with van der Waals surface area (Å²) in [4.78, 5) is 12.6. The molecule has 2 N–H and O–H groups in total. The van der Waals surface area contributed by atoms with E-state index in [0.717, 1.165) is 24.2 Å². The lowest BCUT2D eigenvalue weighted by Gasteiger charge is -2.26. The van der Waals surface area contributed by atoms with Gasteiger partial charge in [0.05, 0.1) is 11.9 Å². The van der Waals surface area contributed by atoms with Crippen LogP contribution in [-0.4, -0.2) is 28.9 Å². The summed E-state index contributed by atoms with van der Waals surface area (Å²) in [5.74, 6) is 0.0107. The molecule has 1 aromatic rings. The van der Waals surface area contributed by atoms with Crippen molar-refractivity contribution >= 4 is 17.7 Å². The molecule has 1 amide bonds. The average Bonchev–Trinajstić information content (AvgIpc) is 2.38. The topological polar surface area (TPSA) is 49.3 Å². The van der Waals surface area contributed by atoms with Crippen molar-refractivity contribution in [3.8, 4) is 0 Å². The van der Waals surface area contributed by atoms with Crippen LogP contribution in [0.5, 0.6) is 0 Å².